The minimum absolute atomic E-state index is 0.0554. The van der Waals surface area contributed by atoms with Crippen LogP contribution >= 0.6 is 0 Å². The fourth-order valence-electron chi connectivity index (χ4n) is 3.79. The maximum Gasteiger partial charge on any atom is 0.305 e. The lowest BCUT2D eigenvalue weighted by Crippen LogP contribution is -2.41. The van der Waals surface area contributed by atoms with Crippen molar-refractivity contribution in [3.63, 3.8) is 0 Å². The summed E-state index contributed by atoms with van der Waals surface area (Å²) < 4.78 is 5.63. The fourth-order valence-corrected chi connectivity index (χ4v) is 3.79. The third-order valence-electron chi connectivity index (χ3n) is 5.23. The number of rotatable bonds is 7. The molecule has 0 aliphatic carbocycles. The van der Waals surface area contributed by atoms with Crippen LogP contribution in [0.4, 0.5) is 0 Å². The van der Waals surface area contributed by atoms with Crippen molar-refractivity contribution in [2.45, 2.75) is 44.8 Å². The number of benzene rings is 1. The van der Waals surface area contributed by atoms with Crippen LogP contribution in [0.15, 0.2) is 30.5 Å². The molecular weight excluding hydrogens is 360 g/mol. The molecule has 7 heteroatoms. The summed E-state index contributed by atoms with van der Waals surface area (Å²) in [5.74, 6) is -1.25. The molecular formula is C21H26N2O5. The lowest BCUT2D eigenvalue weighted by Gasteiger charge is -2.34. The number of carbonyl (C=O) groups is 3. The predicted molar refractivity (Wildman–Crippen MR) is 103 cm³/mol. The van der Waals surface area contributed by atoms with Gasteiger partial charge in [-0.15, -0.1) is 0 Å². The van der Waals surface area contributed by atoms with E-state index >= 15 is 0 Å². The van der Waals surface area contributed by atoms with Gasteiger partial charge >= 0.3 is 5.97 Å². The number of fused-ring (bicyclic) bond motifs is 1. The van der Waals surface area contributed by atoms with E-state index in [0.29, 0.717) is 13.2 Å². The summed E-state index contributed by atoms with van der Waals surface area (Å²) in [4.78, 5) is 39.4. The number of ether oxygens (including phenoxy) is 1. The van der Waals surface area contributed by atoms with Crippen molar-refractivity contribution in [2.24, 2.45) is 0 Å². The number of hydrogen-bond acceptors (Lipinski definition) is 4. The van der Waals surface area contributed by atoms with Crippen LogP contribution in [0.5, 0.6) is 0 Å². The van der Waals surface area contributed by atoms with Gasteiger partial charge in [0.1, 0.15) is 0 Å². The number of carbonyl (C=O) groups excluding carboxylic acids is 2. The number of aliphatic carboxylic acids is 1. The Balaban J connectivity index is 1.78. The van der Waals surface area contributed by atoms with E-state index in [1.807, 2.05) is 30.3 Å². The first-order valence-electron chi connectivity index (χ1n) is 9.63. The van der Waals surface area contributed by atoms with Crippen molar-refractivity contribution in [3.8, 4) is 0 Å². The number of amides is 2. The molecule has 1 aromatic rings. The predicted octanol–water partition coefficient (Wildman–Crippen LogP) is 2.43. The van der Waals surface area contributed by atoms with Crippen LogP contribution in [0, 0.1) is 0 Å². The fraction of sp³-hybridized carbons (Fsp3) is 0.476. The Morgan fingerprint density at radius 2 is 2.07 bits per heavy atom. The van der Waals surface area contributed by atoms with E-state index in [1.54, 1.807) is 16.0 Å². The molecule has 2 aliphatic heterocycles. The molecule has 1 saturated heterocycles. The Morgan fingerprint density at radius 3 is 2.75 bits per heavy atom. The van der Waals surface area contributed by atoms with Gasteiger partial charge in [0.2, 0.25) is 11.8 Å². The molecule has 2 amide bonds. The van der Waals surface area contributed by atoms with Crippen LogP contribution < -0.4 is 0 Å². The van der Waals surface area contributed by atoms with Crippen molar-refractivity contribution < 1.29 is 24.2 Å². The first-order chi connectivity index (χ1) is 13.5. The van der Waals surface area contributed by atoms with Gasteiger partial charge in [-0.2, -0.15) is 0 Å². The van der Waals surface area contributed by atoms with Gasteiger partial charge in [0.15, 0.2) is 0 Å². The van der Waals surface area contributed by atoms with Crippen LogP contribution in [-0.4, -0.2) is 58.5 Å². The summed E-state index contributed by atoms with van der Waals surface area (Å²) in [5.41, 5.74) is 1.90. The SMILES string of the molecule is CC(=O)N1C=Cc2ccccc2C1CC(=O)N(CCC(=O)O)CC1CCCO1. The van der Waals surface area contributed by atoms with Gasteiger partial charge < -0.3 is 19.6 Å². The number of carboxylic acid groups (broad SMARTS) is 1. The van der Waals surface area contributed by atoms with Crippen LogP contribution in [0.3, 0.4) is 0 Å². The lowest BCUT2D eigenvalue weighted by molar-refractivity contribution is -0.139. The monoisotopic (exact) mass is 386 g/mol. The highest BCUT2D eigenvalue weighted by Crippen LogP contribution is 2.33. The summed E-state index contributed by atoms with van der Waals surface area (Å²) in [6.45, 7) is 2.67. The molecule has 1 fully saturated rings. The van der Waals surface area contributed by atoms with E-state index in [4.69, 9.17) is 9.84 Å². The molecule has 0 spiro atoms. The Hall–Kier alpha value is -2.67. The lowest BCUT2D eigenvalue weighted by atomic mass is 9.93. The highest BCUT2D eigenvalue weighted by molar-refractivity contribution is 5.82. The molecule has 2 unspecified atom stereocenters. The smallest absolute Gasteiger partial charge is 0.305 e. The summed E-state index contributed by atoms with van der Waals surface area (Å²) in [7, 11) is 0. The minimum atomic E-state index is -0.943. The molecule has 1 N–H and O–H groups in total. The van der Waals surface area contributed by atoms with E-state index in [-0.39, 0.29) is 37.3 Å². The molecule has 7 nitrogen and oxygen atoms in total. The second-order valence-electron chi connectivity index (χ2n) is 7.21. The summed E-state index contributed by atoms with van der Waals surface area (Å²) in [6, 6.07) is 7.29. The minimum Gasteiger partial charge on any atom is -0.481 e. The van der Waals surface area contributed by atoms with Crippen LogP contribution in [-0.2, 0) is 19.1 Å². The Kier molecular flexibility index (Phi) is 6.46. The summed E-state index contributed by atoms with van der Waals surface area (Å²) in [6.07, 6.45) is 5.33. The van der Waals surface area contributed by atoms with E-state index in [2.05, 4.69) is 0 Å². The Bertz CT molecular complexity index is 770. The average Bonchev–Trinajstić information content (AvgIpc) is 3.18. The van der Waals surface area contributed by atoms with E-state index in [0.717, 1.165) is 24.0 Å². The Labute approximate surface area is 164 Å². The van der Waals surface area contributed by atoms with Gasteiger partial charge in [-0.25, -0.2) is 0 Å². The van der Waals surface area contributed by atoms with Crippen molar-refractivity contribution in [3.05, 3.63) is 41.6 Å². The van der Waals surface area contributed by atoms with E-state index in [1.165, 1.54) is 6.92 Å². The quantitative estimate of drug-likeness (QED) is 0.778. The van der Waals surface area contributed by atoms with Gasteiger partial charge in [0.25, 0.3) is 0 Å². The first kappa shape index (κ1) is 20.1. The largest absolute Gasteiger partial charge is 0.481 e. The normalized spacial score (nSPS) is 20.7. The topological polar surface area (TPSA) is 87.2 Å². The molecule has 2 heterocycles. The Morgan fingerprint density at radius 1 is 1.29 bits per heavy atom. The molecule has 0 bridgehead atoms. The zero-order chi connectivity index (χ0) is 20.1. The van der Waals surface area contributed by atoms with Crippen molar-refractivity contribution in [1.82, 2.24) is 9.80 Å². The molecule has 0 radical (unpaired) electrons. The zero-order valence-electron chi connectivity index (χ0n) is 16.0. The standard InChI is InChI=1S/C21H26N2O5/c1-15(24)23-11-8-16-5-2-3-7-18(16)19(23)13-20(25)22(10-9-21(26)27)14-17-6-4-12-28-17/h2-3,5,7-8,11,17,19H,4,6,9-10,12-14H2,1H3,(H,26,27). The second kappa shape index (κ2) is 9.01. The van der Waals surface area contributed by atoms with Gasteiger partial charge in [-0.05, 0) is 30.0 Å². The summed E-state index contributed by atoms with van der Waals surface area (Å²) >= 11 is 0. The third kappa shape index (κ3) is 4.78. The molecule has 2 aliphatic rings. The van der Waals surface area contributed by atoms with Crippen LogP contribution in [0.1, 0.15) is 49.8 Å². The average molecular weight is 386 g/mol. The van der Waals surface area contributed by atoms with Crippen molar-refractivity contribution in [1.29, 1.82) is 0 Å². The number of nitrogens with zero attached hydrogens (tertiary/aromatic N) is 2. The molecule has 2 atom stereocenters. The molecule has 28 heavy (non-hydrogen) atoms. The molecule has 0 aromatic heterocycles. The van der Waals surface area contributed by atoms with Crippen molar-refractivity contribution in [2.75, 3.05) is 19.7 Å². The zero-order valence-corrected chi connectivity index (χ0v) is 16.0. The van der Waals surface area contributed by atoms with Crippen LogP contribution in [0.2, 0.25) is 0 Å². The van der Waals surface area contributed by atoms with Crippen molar-refractivity contribution >= 4 is 23.9 Å². The highest BCUT2D eigenvalue weighted by atomic mass is 16.5. The highest BCUT2D eigenvalue weighted by Gasteiger charge is 2.31. The molecule has 3 rings (SSSR count). The number of carboxylic acids is 1. The maximum atomic E-state index is 13.1. The van der Waals surface area contributed by atoms with Gasteiger partial charge in [-0.1, -0.05) is 24.3 Å². The van der Waals surface area contributed by atoms with E-state index in [9.17, 15) is 14.4 Å². The van der Waals surface area contributed by atoms with Gasteiger partial charge in [-0.3, -0.25) is 14.4 Å². The third-order valence-corrected chi connectivity index (χ3v) is 5.23. The first-order valence-corrected chi connectivity index (χ1v) is 9.63. The van der Waals surface area contributed by atoms with Gasteiger partial charge in [0, 0.05) is 32.8 Å². The van der Waals surface area contributed by atoms with E-state index < -0.39 is 12.0 Å². The number of hydrogen-bond donors (Lipinski definition) is 1. The van der Waals surface area contributed by atoms with Gasteiger partial charge in [0.05, 0.1) is 25.0 Å². The summed E-state index contributed by atoms with van der Waals surface area (Å²) in [5, 5.41) is 9.04. The second-order valence-corrected chi connectivity index (χ2v) is 7.21. The molecule has 0 saturated carbocycles. The van der Waals surface area contributed by atoms with Crippen LogP contribution in [0.25, 0.3) is 6.08 Å². The molecule has 150 valence electrons. The molecule has 1 aromatic carbocycles. The maximum absolute atomic E-state index is 13.1.